The summed E-state index contributed by atoms with van der Waals surface area (Å²) >= 11 is 3.23. The predicted octanol–water partition coefficient (Wildman–Crippen LogP) is 2.07. The molecule has 1 aliphatic rings. The third-order valence-corrected chi connectivity index (χ3v) is 3.30. The van der Waals surface area contributed by atoms with Crippen LogP contribution in [0, 0.1) is 5.82 Å². The molecule has 1 aromatic rings. The second-order valence-electron chi connectivity index (χ2n) is 4.14. The second-order valence-corrected chi connectivity index (χ2v) is 5.06. The highest BCUT2D eigenvalue weighted by Crippen LogP contribution is 2.16. The van der Waals surface area contributed by atoms with Gasteiger partial charge in [0.25, 0.3) is 5.91 Å². The van der Waals surface area contributed by atoms with Crippen molar-refractivity contribution >= 4 is 21.8 Å². The van der Waals surface area contributed by atoms with Gasteiger partial charge in [-0.3, -0.25) is 4.79 Å². The number of nitrogens with one attached hydrogen (secondary N) is 2. The Morgan fingerprint density at radius 1 is 1.53 bits per heavy atom. The normalized spacial score (nSPS) is 20.0. The van der Waals surface area contributed by atoms with Crippen LogP contribution < -0.4 is 10.6 Å². The molecule has 3 nitrogen and oxygen atoms in total. The first-order chi connectivity index (χ1) is 8.16. The second kappa shape index (κ2) is 5.60. The fourth-order valence-corrected chi connectivity index (χ4v) is 2.27. The molecule has 2 rings (SSSR count). The smallest absolute Gasteiger partial charge is 0.254 e. The van der Waals surface area contributed by atoms with Gasteiger partial charge in [-0.2, -0.15) is 0 Å². The highest BCUT2D eigenvalue weighted by molar-refractivity contribution is 9.10. The minimum Gasteiger partial charge on any atom is -0.348 e. The minimum atomic E-state index is -0.491. The van der Waals surface area contributed by atoms with Crippen molar-refractivity contribution in [1.82, 2.24) is 10.6 Å². The molecule has 92 valence electrons. The highest BCUT2D eigenvalue weighted by atomic mass is 79.9. The first kappa shape index (κ1) is 12.5. The lowest BCUT2D eigenvalue weighted by Crippen LogP contribution is -2.45. The topological polar surface area (TPSA) is 41.1 Å². The quantitative estimate of drug-likeness (QED) is 0.878. The molecule has 2 N–H and O–H groups in total. The van der Waals surface area contributed by atoms with Crippen LogP contribution in [0.1, 0.15) is 23.2 Å². The van der Waals surface area contributed by atoms with Gasteiger partial charge in [0.05, 0.1) is 5.56 Å². The van der Waals surface area contributed by atoms with Crippen molar-refractivity contribution in [2.45, 2.75) is 18.9 Å². The molecule has 0 spiro atoms. The lowest BCUT2D eigenvalue weighted by molar-refractivity contribution is 0.0926. The van der Waals surface area contributed by atoms with E-state index < -0.39 is 5.82 Å². The van der Waals surface area contributed by atoms with Crippen molar-refractivity contribution in [1.29, 1.82) is 0 Å². The predicted molar refractivity (Wildman–Crippen MR) is 67.5 cm³/mol. The van der Waals surface area contributed by atoms with E-state index in [-0.39, 0.29) is 17.5 Å². The van der Waals surface area contributed by atoms with Crippen LogP contribution in [0.5, 0.6) is 0 Å². The van der Waals surface area contributed by atoms with Gasteiger partial charge in [-0.15, -0.1) is 0 Å². The summed E-state index contributed by atoms with van der Waals surface area (Å²) < 4.78 is 14.2. The number of carbonyl (C=O) groups is 1. The molecular formula is C12H14BrFN2O. The molecule has 1 heterocycles. The summed E-state index contributed by atoms with van der Waals surface area (Å²) in [6.45, 7) is 1.74. The average molecular weight is 301 g/mol. The molecule has 5 heteroatoms. The van der Waals surface area contributed by atoms with Crippen LogP contribution in [-0.2, 0) is 0 Å². The molecule has 0 aliphatic carbocycles. The zero-order valence-corrected chi connectivity index (χ0v) is 10.9. The molecule has 1 amide bonds. The zero-order chi connectivity index (χ0) is 12.3. The van der Waals surface area contributed by atoms with Crippen LogP contribution in [0.15, 0.2) is 22.7 Å². The first-order valence-electron chi connectivity index (χ1n) is 5.63. The maximum atomic E-state index is 13.5. The van der Waals surface area contributed by atoms with Crippen LogP contribution in [0.3, 0.4) is 0 Å². The summed E-state index contributed by atoms with van der Waals surface area (Å²) in [5, 5.41) is 6.04. The van der Waals surface area contributed by atoms with Gasteiger partial charge in [-0.05, 0) is 37.6 Å². The van der Waals surface area contributed by atoms with Gasteiger partial charge in [0.15, 0.2) is 0 Å². The van der Waals surface area contributed by atoms with Gasteiger partial charge < -0.3 is 10.6 Å². The number of carbonyl (C=O) groups excluding carboxylic acids is 1. The van der Waals surface area contributed by atoms with Gasteiger partial charge >= 0.3 is 0 Å². The fourth-order valence-electron chi connectivity index (χ4n) is 1.91. The summed E-state index contributed by atoms with van der Waals surface area (Å²) in [4.78, 5) is 11.9. The molecular weight excluding hydrogens is 287 g/mol. The molecule has 0 unspecified atom stereocenters. The van der Waals surface area contributed by atoms with E-state index in [0.29, 0.717) is 4.47 Å². The Kier molecular flexibility index (Phi) is 4.12. The Balaban J connectivity index is 2.05. The van der Waals surface area contributed by atoms with E-state index in [0.717, 1.165) is 25.9 Å². The Morgan fingerprint density at radius 2 is 2.35 bits per heavy atom. The summed E-state index contributed by atoms with van der Waals surface area (Å²) in [7, 11) is 0. The van der Waals surface area contributed by atoms with Gasteiger partial charge in [0, 0.05) is 17.1 Å². The van der Waals surface area contributed by atoms with Crippen LogP contribution in [-0.4, -0.2) is 25.0 Å². The van der Waals surface area contributed by atoms with E-state index in [1.54, 1.807) is 6.07 Å². The Bertz CT molecular complexity index is 419. The number of halogens is 2. The van der Waals surface area contributed by atoms with Gasteiger partial charge in [-0.1, -0.05) is 15.9 Å². The van der Waals surface area contributed by atoms with Gasteiger partial charge in [0.2, 0.25) is 0 Å². The number of benzene rings is 1. The van der Waals surface area contributed by atoms with Crippen molar-refractivity contribution < 1.29 is 9.18 Å². The van der Waals surface area contributed by atoms with Crippen LogP contribution >= 0.6 is 15.9 Å². The number of hydrogen-bond acceptors (Lipinski definition) is 2. The van der Waals surface area contributed by atoms with E-state index in [4.69, 9.17) is 0 Å². The monoisotopic (exact) mass is 300 g/mol. The Hall–Kier alpha value is -0.940. The van der Waals surface area contributed by atoms with Crippen LogP contribution in [0.25, 0.3) is 0 Å². The maximum Gasteiger partial charge on any atom is 0.254 e. The number of piperidine rings is 1. The number of hydrogen-bond donors (Lipinski definition) is 2. The van der Waals surface area contributed by atoms with Gasteiger partial charge in [0.1, 0.15) is 5.82 Å². The highest BCUT2D eigenvalue weighted by Gasteiger charge is 2.18. The largest absolute Gasteiger partial charge is 0.348 e. The fraction of sp³-hybridized carbons (Fsp3) is 0.417. The Morgan fingerprint density at radius 3 is 3.06 bits per heavy atom. The summed E-state index contributed by atoms with van der Waals surface area (Å²) in [6, 6.07) is 4.46. The average Bonchev–Trinajstić information content (AvgIpc) is 2.33. The van der Waals surface area contributed by atoms with E-state index in [9.17, 15) is 9.18 Å². The van der Waals surface area contributed by atoms with Crippen molar-refractivity contribution in [3.05, 3.63) is 34.1 Å². The molecule has 1 fully saturated rings. The van der Waals surface area contributed by atoms with Crippen molar-refractivity contribution in [2.75, 3.05) is 13.1 Å². The summed E-state index contributed by atoms with van der Waals surface area (Å²) in [6.07, 6.45) is 1.97. The Labute approximate surface area is 108 Å². The molecule has 1 aromatic carbocycles. The summed E-state index contributed by atoms with van der Waals surface area (Å²) in [5.74, 6) is -0.841. The molecule has 1 saturated heterocycles. The minimum absolute atomic E-state index is 0.0879. The molecule has 17 heavy (non-hydrogen) atoms. The SMILES string of the molecule is O=C(N[C@@H]1CCCNC1)c1cc(Br)ccc1F. The molecule has 0 saturated carbocycles. The third kappa shape index (κ3) is 3.26. The number of rotatable bonds is 2. The van der Waals surface area contributed by atoms with Crippen molar-refractivity contribution in [3.8, 4) is 0 Å². The molecule has 0 bridgehead atoms. The zero-order valence-electron chi connectivity index (χ0n) is 9.30. The van der Waals surface area contributed by atoms with E-state index >= 15 is 0 Å². The van der Waals surface area contributed by atoms with E-state index in [1.807, 2.05) is 0 Å². The lowest BCUT2D eigenvalue weighted by Gasteiger charge is -2.23. The molecule has 0 radical (unpaired) electrons. The molecule has 0 aromatic heterocycles. The standard InChI is InChI=1S/C12H14BrFN2O/c13-8-3-4-11(14)10(6-8)12(17)16-9-2-1-5-15-7-9/h3-4,6,9,15H,1-2,5,7H2,(H,16,17)/t9-/m1/s1. The molecule has 1 atom stereocenters. The first-order valence-corrected chi connectivity index (χ1v) is 6.43. The number of amides is 1. The van der Waals surface area contributed by atoms with E-state index in [1.165, 1.54) is 12.1 Å². The van der Waals surface area contributed by atoms with E-state index in [2.05, 4.69) is 26.6 Å². The van der Waals surface area contributed by atoms with Crippen molar-refractivity contribution in [3.63, 3.8) is 0 Å². The molecule has 1 aliphatic heterocycles. The van der Waals surface area contributed by atoms with Crippen molar-refractivity contribution in [2.24, 2.45) is 0 Å². The maximum absolute atomic E-state index is 13.5. The van der Waals surface area contributed by atoms with Crippen LogP contribution in [0.4, 0.5) is 4.39 Å². The third-order valence-electron chi connectivity index (χ3n) is 2.81. The van der Waals surface area contributed by atoms with Crippen LogP contribution in [0.2, 0.25) is 0 Å². The van der Waals surface area contributed by atoms with Gasteiger partial charge in [-0.25, -0.2) is 4.39 Å². The summed E-state index contributed by atoms with van der Waals surface area (Å²) in [5.41, 5.74) is 0.0879. The lowest BCUT2D eigenvalue weighted by atomic mass is 10.1.